The maximum absolute atomic E-state index is 11.3. The van der Waals surface area contributed by atoms with Crippen LogP contribution >= 0.6 is 0 Å². The lowest BCUT2D eigenvalue weighted by Crippen LogP contribution is -2.42. The van der Waals surface area contributed by atoms with E-state index in [1.54, 1.807) is 7.11 Å². The Balaban J connectivity index is 3.68. The Labute approximate surface area is 85.2 Å². The number of carbonyl (C=O) groups is 1. The zero-order valence-corrected chi connectivity index (χ0v) is 8.75. The van der Waals surface area contributed by atoms with Crippen molar-refractivity contribution < 1.29 is 9.53 Å². The van der Waals surface area contributed by atoms with Crippen LogP contribution in [0.15, 0.2) is 0 Å². The monoisotopic (exact) mass is 198 g/mol. The highest BCUT2D eigenvalue weighted by molar-refractivity contribution is 5.81. The first-order chi connectivity index (χ1) is 6.61. The first kappa shape index (κ1) is 12.9. The van der Waals surface area contributed by atoms with Crippen LogP contribution in [0.2, 0.25) is 0 Å². The molecule has 4 heteroatoms. The lowest BCUT2D eigenvalue weighted by Gasteiger charge is -2.13. The molecular weight excluding hydrogens is 180 g/mol. The third-order valence-corrected chi connectivity index (χ3v) is 1.75. The van der Waals surface area contributed by atoms with Gasteiger partial charge in [-0.25, -0.2) is 0 Å². The number of ether oxygens (including phenoxy) is 1. The number of carbonyl (C=O) groups excluding carboxylic acids is 1. The maximum atomic E-state index is 11.3. The molecule has 0 spiro atoms. The van der Waals surface area contributed by atoms with E-state index in [2.05, 4.69) is 11.2 Å². The van der Waals surface area contributed by atoms with Crippen molar-refractivity contribution in [2.45, 2.75) is 19.4 Å². The number of nitrogens with two attached hydrogens (primary N) is 1. The molecule has 80 valence electrons. The molecule has 14 heavy (non-hydrogen) atoms. The summed E-state index contributed by atoms with van der Waals surface area (Å²) < 4.78 is 4.93. The molecule has 0 aromatic rings. The van der Waals surface area contributed by atoms with Crippen molar-refractivity contribution in [2.24, 2.45) is 11.7 Å². The number of hydrogen-bond donors (Lipinski definition) is 2. The first-order valence-corrected chi connectivity index (χ1v) is 4.57. The van der Waals surface area contributed by atoms with E-state index in [0.29, 0.717) is 13.2 Å². The largest absolute Gasteiger partial charge is 0.384 e. The fraction of sp³-hybridized carbons (Fsp3) is 0.700. The lowest BCUT2D eigenvalue weighted by molar-refractivity contribution is -0.122. The summed E-state index contributed by atoms with van der Waals surface area (Å²) in [5.74, 6) is 2.43. The van der Waals surface area contributed by atoms with Crippen molar-refractivity contribution in [3.63, 3.8) is 0 Å². The van der Waals surface area contributed by atoms with Gasteiger partial charge in [0.25, 0.3) is 0 Å². The molecular formula is C10H18N2O2. The predicted octanol–water partition coefficient (Wildman–Crippen LogP) is -0.264. The minimum atomic E-state index is -0.602. The zero-order chi connectivity index (χ0) is 11.0. The molecule has 0 rings (SSSR count). The highest BCUT2D eigenvalue weighted by Crippen LogP contribution is 1.93. The molecule has 0 heterocycles. The average Bonchev–Trinajstić information content (AvgIpc) is 2.15. The highest BCUT2D eigenvalue weighted by Gasteiger charge is 2.12. The molecule has 2 unspecified atom stereocenters. The van der Waals surface area contributed by atoms with Gasteiger partial charge >= 0.3 is 0 Å². The van der Waals surface area contributed by atoms with E-state index in [9.17, 15) is 4.79 Å². The van der Waals surface area contributed by atoms with E-state index < -0.39 is 6.04 Å². The summed E-state index contributed by atoms with van der Waals surface area (Å²) in [6, 6.07) is -0.602. The first-order valence-electron chi connectivity index (χ1n) is 4.57. The molecule has 0 bridgehead atoms. The van der Waals surface area contributed by atoms with Gasteiger partial charge < -0.3 is 15.8 Å². The molecule has 0 fully saturated rings. The molecule has 2 atom stereocenters. The Bertz CT molecular complexity index is 211. The molecule has 3 N–H and O–H groups in total. The van der Waals surface area contributed by atoms with Crippen molar-refractivity contribution in [3.05, 3.63) is 0 Å². The Morgan fingerprint density at radius 1 is 1.71 bits per heavy atom. The summed E-state index contributed by atoms with van der Waals surface area (Å²) in [5.41, 5.74) is 5.50. The molecule has 0 aliphatic rings. The van der Waals surface area contributed by atoms with Gasteiger partial charge in [-0.05, 0) is 5.92 Å². The summed E-state index contributed by atoms with van der Waals surface area (Å²) in [6.07, 6.45) is 5.31. The van der Waals surface area contributed by atoms with E-state index in [1.807, 2.05) is 6.92 Å². The van der Waals surface area contributed by atoms with Gasteiger partial charge in [0.1, 0.15) is 0 Å². The van der Waals surface area contributed by atoms with Gasteiger partial charge in [0.2, 0.25) is 5.91 Å². The molecule has 4 nitrogen and oxygen atoms in total. The topological polar surface area (TPSA) is 64.4 Å². The van der Waals surface area contributed by atoms with Crippen molar-refractivity contribution in [1.29, 1.82) is 0 Å². The smallest absolute Gasteiger partial charge is 0.237 e. The second kappa shape index (κ2) is 7.36. The van der Waals surface area contributed by atoms with Crippen LogP contribution in [-0.2, 0) is 9.53 Å². The van der Waals surface area contributed by atoms with Gasteiger partial charge in [-0.1, -0.05) is 6.92 Å². The van der Waals surface area contributed by atoms with Gasteiger partial charge in [-0.2, -0.15) is 0 Å². The summed E-state index contributed by atoms with van der Waals surface area (Å²) in [5, 5.41) is 2.71. The Morgan fingerprint density at radius 3 is 2.86 bits per heavy atom. The molecule has 0 saturated carbocycles. The van der Waals surface area contributed by atoms with E-state index in [-0.39, 0.29) is 18.2 Å². The van der Waals surface area contributed by atoms with E-state index in [0.717, 1.165) is 0 Å². The normalized spacial score (nSPS) is 14.1. The van der Waals surface area contributed by atoms with Crippen LogP contribution in [0.5, 0.6) is 0 Å². The van der Waals surface area contributed by atoms with Crippen molar-refractivity contribution in [1.82, 2.24) is 5.32 Å². The van der Waals surface area contributed by atoms with E-state index in [1.165, 1.54) is 0 Å². The maximum Gasteiger partial charge on any atom is 0.237 e. The summed E-state index contributed by atoms with van der Waals surface area (Å²) in [6.45, 7) is 3.16. The summed E-state index contributed by atoms with van der Waals surface area (Å²) >= 11 is 0. The van der Waals surface area contributed by atoms with Crippen LogP contribution < -0.4 is 11.1 Å². The van der Waals surface area contributed by atoms with Crippen LogP contribution in [0.3, 0.4) is 0 Å². The predicted molar refractivity (Wildman–Crippen MR) is 55.5 cm³/mol. The van der Waals surface area contributed by atoms with Crippen molar-refractivity contribution >= 4 is 5.91 Å². The van der Waals surface area contributed by atoms with Gasteiger partial charge in [0.15, 0.2) is 0 Å². The SMILES string of the molecule is C#CCC(N)C(=O)NCC(C)COC. The molecule has 0 saturated heterocycles. The number of rotatable bonds is 6. The van der Waals surface area contributed by atoms with Gasteiger partial charge in [-0.3, -0.25) is 4.79 Å². The van der Waals surface area contributed by atoms with Crippen LogP contribution in [0, 0.1) is 18.3 Å². The van der Waals surface area contributed by atoms with Gasteiger partial charge in [-0.15, -0.1) is 12.3 Å². The molecule has 0 aromatic carbocycles. The Morgan fingerprint density at radius 2 is 2.36 bits per heavy atom. The quantitative estimate of drug-likeness (QED) is 0.578. The lowest BCUT2D eigenvalue weighted by atomic mass is 10.1. The van der Waals surface area contributed by atoms with Gasteiger partial charge in [0.05, 0.1) is 12.6 Å². The van der Waals surface area contributed by atoms with Crippen LogP contribution in [-0.4, -0.2) is 32.2 Å². The minimum absolute atomic E-state index is 0.203. The van der Waals surface area contributed by atoms with Crippen LogP contribution in [0.25, 0.3) is 0 Å². The number of hydrogen-bond acceptors (Lipinski definition) is 3. The minimum Gasteiger partial charge on any atom is -0.384 e. The highest BCUT2D eigenvalue weighted by atomic mass is 16.5. The Kier molecular flexibility index (Phi) is 6.81. The number of methoxy groups -OCH3 is 1. The molecule has 0 aliphatic heterocycles. The molecule has 0 radical (unpaired) electrons. The second-order valence-corrected chi connectivity index (χ2v) is 3.32. The number of nitrogens with one attached hydrogen (secondary N) is 1. The fourth-order valence-electron chi connectivity index (χ4n) is 0.969. The zero-order valence-electron chi connectivity index (χ0n) is 8.75. The molecule has 1 amide bonds. The molecule has 0 aliphatic carbocycles. The standard InChI is InChI=1S/C10H18N2O2/c1-4-5-9(11)10(13)12-6-8(2)7-14-3/h1,8-9H,5-7,11H2,2-3H3,(H,12,13). The average molecular weight is 198 g/mol. The summed E-state index contributed by atoms with van der Waals surface area (Å²) in [7, 11) is 1.63. The number of amides is 1. The van der Waals surface area contributed by atoms with E-state index >= 15 is 0 Å². The van der Waals surface area contributed by atoms with Crippen molar-refractivity contribution in [2.75, 3.05) is 20.3 Å². The second-order valence-electron chi connectivity index (χ2n) is 3.32. The van der Waals surface area contributed by atoms with Crippen LogP contribution in [0.4, 0.5) is 0 Å². The third-order valence-electron chi connectivity index (χ3n) is 1.75. The Hall–Kier alpha value is -1.05. The van der Waals surface area contributed by atoms with Crippen LogP contribution in [0.1, 0.15) is 13.3 Å². The molecule has 0 aromatic heterocycles. The fourth-order valence-corrected chi connectivity index (χ4v) is 0.969. The third kappa shape index (κ3) is 5.57. The number of terminal acetylenes is 1. The van der Waals surface area contributed by atoms with E-state index in [4.69, 9.17) is 16.9 Å². The van der Waals surface area contributed by atoms with Gasteiger partial charge in [0, 0.05) is 20.1 Å². The van der Waals surface area contributed by atoms with Crippen molar-refractivity contribution in [3.8, 4) is 12.3 Å². The summed E-state index contributed by atoms with van der Waals surface area (Å²) in [4.78, 5) is 11.3.